The van der Waals surface area contributed by atoms with Crippen molar-refractivity contribution < 1.29 is 14.2 Å². The second-order valence-corrected chi connectivity index (χ2v) is 4.75. The van der Waals surface area contributed by atoms with E-state index in [1.807, 2.05) is 38.1 Å². The van der Waals surface area contributed by atoms with Crippen molar-refractivity contribution in [1.82, 2.24) is 0 Å². The number of ether oxygens (including phenoxy) is 3. The highest BCUT2D eigenvalue weighted by Crippen LogP contribution is 2.22. The van der Waals surface area contributed by atoms with Crippen LogP contribution in [0.25, 0.3) is 0 Å². The Labute approximate surface area is 108 Å². The Hall–Kier alpha value is -1.10. The summed E-state index contributed by atoms with van der Waals surface area (Å²) in [4.78, 5) is 0. The van der Waals surface area contributed by atoms with Crippen LogP contribution >= 0.6 is 0 Å². The van der Waals surface area contributed by atoms with Gasteiger partial charge < -0.3 is 19.9 Å². The minimum absolute atomic E-state index is 0.0596. The SMILES string of the molecule is CC(C)Oc1ccc(C(N)C2COCCO2)cc1. The summed E-state index contributed by atoms with van der Waals surface area (Å²) in [5.74, 6) is 0.863. The summed E-state index contributed by atoms with van der Waals surface area (Å²) in [6, 6.07) is 7.71. The molecular formula is C14H21NO3. The monoisotopic (exact) mass is 251 g/mol. The molecule has 0 aromatic heterocycles. The molecule has 1 heterocycles. The Bertz CT molecular complexity index is 358. The molecule has 0 bridgehead atoms. The molecule has 18 heavy (non-hydrogen) atoms. The zero-order valence-electron chi connectivity index (χ0n) is 11.0. The zero-order valence-corrected chi connectivity index (χ0v) is 11.0. The van der Waals surface area contributed by atoms with Crippen molar-refractivity contribution in [2.45, 2.75) is 32.1 Å². The fourth-order valence-corrected chi connectivity index (χ4v) is 1.97. The first-order valence-corrected chi connectivity index (χ1v) is 6.38. The standard InChI is InChI=1S/C14H21NO3/c1-10(2)18-12-5-3-11(4-6-12)14(15)13-9-16-7-8-17-13/h3-6,10,13-14H,7-9,15H2,1-2H3. The van der Waals surface area contributed by atoms with Gasteiger partial charge in [-0.25, -0.2) is 0 Å². The molecule has 1 saturated heterocycles. The van der Waals surface area contributed by atoms with E-state index >= 15 is 0 Å². The van der Waals surface area contributed by atoms with Crippen LogP contribution in [0, 0.1) is 0 Å². The van der Waals surface area contributed by atoms with Crippen molar-refractivity contribution in [2.24, 2.45) is 5.73 Å². The van der Waals surface area contributed by atoms with Gasteiger partial charge in [0.15, 0.2) is 0 Å². The molecule has 0 aliphatic carbocycles. The lowest BCUT2D eigenvalue weighted by Gasteiger charge is -2.28. The number of hydrogen-bond donors (Lipinski definition) is 1. The molecule has 2 N–H and O–H groups in total. The Morgan fingerprint density at radius 2 is 1.94 bits per heavy atom. The number of nitrogens with two attached hydrogens (primary N) is 1. The fraction of sp³-hybridized carbons (Fsp3) is 0.571. The van der Waals surface area contributed by atoms with Crippen molar-refractivity contribution in [3.05, 3.63) is 29.8 Å². The molecule has 100 valence electrons. The predicted molar refractivity (Wildman–Crippen MR) is 69.7 cm³/mol. The van der Waals surface area contributed by atoms with Crippen LogP contribution in [0.15, 0.2) is 24.3 Å². The smallest absolute Gasteiger partial charge is 0.119 e. The third-order valence-corrected chi connectivity index (χ3v) is 2.88. The molecule has 4 heteroatoms. The molecule has 1 fully saturated rings. The Kier molecular flexibility index (Phi) is 4.58. The third kappa shape index (κ3) is 3.45. The summed E-state index contributed by atoms with van der Waals surface area (Å²) in [5, 5.41) is 0. The average molecular weight is 251 g/mol. The third-order valence-electron chi connectivity index (χ3n) is 2.88. The Morgan fingerprint density at radius 3 is 2.50 bits per heavy atom. The summed E-state index contributed by atoms with van der Waals surface area (Å²) < 4.78 is 16.6. The van der Waals surface area contributed by atoms with Gasteiger partial charge in [0.05, 0.1) is 32.0 Å². The van der Waals surface area contributed by atoms with E-state index in [1.54, 1.807) is 0 Å². The van der Waals surface area contributed by atoms with Crippen LogP contribution in [0.4, 0.5) is 0 Å². The van der Waals surface area contributed by atoms with E-state index in [9.17, 15) is 0 Å². The molecule has 1 aliphatic heterocycles. The van der Waals surface area contributed by atoms with E-state index in [4.69, 9.17) is 19.9 Å². The van der Waals surface area contributed by atoms with Gasteiger partial charge in [-0.3, -0.25) is 0 Å². The predicted octanol–water partition coefficient (Wildman–Crippen LogP) is 1.89. The van der Waals surface area contributed by atoms with Crippen molar-refractivity contribution in [2.75, 3.05) is 19.8 Å². The van der Waals surface area contributed by atoms with Crippen LogP contribution in [-0.4, -0.2) is 32.0 Å². The maximum atomic E-state index is 6.18. The van der Waals surface area contributed by atoms with E-state index in [0.29, 0.717) is 19.8 Å². The molecular weight excluding hydrogens is 230 g/mol. The highest BCUT2D eigenvalue weighted by Gasteiger charge is 2.23. The molecule has 1 aromatic rings. The lowest BCUT2D eigenvalue weighted by atomic mass is 10.0. The summed E-state index contributed by atoms with van der Waals surface area (Å²) in [7, 11) is 0. The van der Waals surface area contributed by atoms with Crippen LogP contribution in [0.3, 0.4) is 0 Å². The van der Waals surface area contributed by atoms with Crippen molar-refractivity contribution >= 4 is 0 Å². The molecule has 2 rings (SSSR count). The van der Waals surface area contributed by atoms with Gasteiger partial charge in [0.2, 0.25) is 0 Å². The maximum absolute atomic E-state index is 6.18. The maximum Gasteiger partial charge on any atom is 0.119 e. The minimum atomic E-state index is -0.154. The van der Waals surface area contributed by atoms with Gasteiger partial charge >= 0.3 is 0 Å². The van der Waals surface area contributed by atoms with Crippen molar-refractivity contribution in [1.29, 1.82) is 0 Å². The Balaban J connectivity index is 1.99. The topological polar surface area (TPSA) is 53.7 Å². The Morgan fingerprint density at radius 1 is 1.22 bits per heavy atom. The summed E-state index contributed by atoms with van der Waals surface area (Å²) in [6.45, 7) is 5.85. The number of rotatable bonds is 4. The van der Waals surface area contributed by atoms with Gasteiger partial charge in [0.1, 0.15) is 11.9 Å². The van der Waals surface area contributed by atoms with E-state index in [2.05, 4.69) is 0 Å². The normalized spacial score (nSPS) is 21.9. The first-order chi connectivity index (χ1) is 8.66. The van der Waals surface area contributed by atoms with E-state index in [1.165, 1.54) is 0 Å². The van der Waals surface area contributed by atoms with Gasteiger partial charge in [-0.05, 0) is 31.5 Å². The summed E-state index contributed by atoms with van der Waals surface area (Å²) >= 11 is 0. The van der Waals surface area contributed by atoms with Gasteiger partial charge in [-0.2, -0.15) is 0 Å². The quantitative estimate of drug-likeness (QED) is 0.888. The van der Waals surface area contributed by atoms with Crippen LogP contribution in [0.5, 0.6) is 5.75 Å². The van der Waals surface area contributed by atoms with E-state index in [0.717, 1.165) is 11.3 Å². The van der Waals surface area contributed by atoms with Gasteiger partial charge in [-0.15, -0.1) is 0 Å². The minimum Gasteiger partial charge on any atom is -0.491 e. The molecule has 0 radical (unpaired) electrons. The van der Waals surface area contributed by atoms with Crippen LogP contribution in [0.1, 0.15) is 25.5 Å². The molecule has 0 saturated carbocycles. The van der Waals surface area contributed by atoms with Crippen LogP contribution in [-0.2, 0) is 9.47 Å². The lowest BCUT2D eigenvalue weighted by Crippen LogP contribution is -2.37. The number of benzene rings is 1. The fourth-order valence-electron chi connectivity index (χ4n) is 1.97. The molecule has 0 amide bonds. The molecule has 0 spiro atoms. The van der Waals surface area contributed by atoms with E-state index in [-0.39, 0.29) is 18.2 Å². The second kappa shape index (κ2) is 6.18. The first-order valence-electron chi connectivity index (χ1n) is 6.38. The molecule has 2 atom stereocenters. The number of hydrogen-bond acceptors (Lipinski definition) is 4. The summed E-state index contributed by atoms with van der Waals surface area (Å²) in [6.07, 6.45) is 0.121. The largest absolute Gasteiger partial charge is 0.491 e. The highest BCUT2D eigenvalue weighted by atomic mass is 16.6. The van der Waals surface area contributed by atoms with Crippen LogP contribution < -0.4 is 10.5 Å². The molecule has 1 aliphatic rings. The molecule has 1 aromatic carbocycles. The second-order valence-electron chi connectivity index (χ2n) is 4.75. The van der Waals surface area contributed by atoms with Gasteiger partial charge in [-0.1, -0.05) is 12.1 Å². The zero-order chi connectivity index (χ0) is 13.0. The average Bonchev–Trinajstić information content (AvgIpc) is 2.39. The van der Waals surface area contributed by atoms with Crippen molar-refractivity contribution in [3.63, 3.8) is 0 Å². The lowest BCUT2D eigenvalue weighted by molar-refractivity contribution is -0.0975. The van der Waals surface area contributed by atoms with Gasteiger partial charge in [0.25, 0.3) is 0 Å². The van der Waals surface area contributed by atoms with Crippen molar-refractivity contribution in [3.8, 4) is 5.75 Å². The molecule has 4 nitrogen and oxygen atoms in total. The van der Waals surface area contributed by atoms with E-state index < -0.39 is 0 Å². The first kappa shape index (κ1) is 13.3. The van der Waals surface area contributed by atoms with Crippen LogP contribution in [0.2, 0.25) is 0 Å². The summed E-state index contributed by atoms with van der Waals surface area (Å²) in [5.41, 5.74) is 7.22. The molecule has 2 unspecified atom stereocenters. The van der Waals surface area contributed by atoms with Gasteiger partial charge in [0, 0.05) is 0 Å². The highest BCUT2D eigenvalue weighted by molar-refractivity contribution is 5.29.